The number of hydrogen-bond donors (Lipinski definition) is 2. The quantitative estimate of drug-likeness (QED) is 0.777. The second kappa shape index (κ2) is 10.3. The molecule has 1 aliphatic heterocycles. The van der Waals surface area contributed by atoms with Crippen LogP contribution in [0.2, 0.25) is 5.02 Å². The van der Waals surface area contributed by atoms with E-state index in [0.717, 1.165) is 44.3 Å². The number of nitrogens with zero attached hydrogens (tertiary/aromatic N) is 1. The van der Waals surface area contributed by atoms with Crippen molar-refractivity contribution in [3.05, 3.63) is 34.9 Å². The molecule has 2 fully saturated rings. The first-order chi connectivity index (χ1) is 12.5. The zero-order valence-electron chi connectivity index (χ0n) is 15.7. The standard InChI is InChI=1S/C20H28ClN3O2.ClH/c1-14(23-20(26)15-5-2-3-6-15)11-19(25)24-10-9-22-13-18(24)16-7-4-8-17(21)12-16;/h4,7-8,12,14-15,18,22H,2-3,5-6,9-11,13H2,1H3,(H,23,26);1H. The van der Waals surface area contributed by atoms with Crippen LogP contribution in [0.15, 0.2) is 24.3 Å². The summed E-state index contributed by atoms with van der Waals surface area (Å²) >= 11 is 6.12. The van der Waals surface area contributed by atoms with E-state index in [1.165, 1.54) is 0 Å². The van der Waals surface area contributed by atoms with Crippen molar-refractivity contribution in [2.75, 3.05) is 19.6 Å². The summed E-state index contributed by atoms with van der Waals surface area (Å²) in [5.41, 5.74) is 1.04. The second-order valence-corrected chi connectivity index (χ2v) is 7.89. The Morgan fingerprint density at radius 3 is 2.78 bits per heavy atom. The van der Waals surface area contributed by atoms with Gasteiger partial charge < -0.3 is 15.5 Å². The Kier molecular flexibility index (Phi) is 8.39. The summed E-state index contributed by atoms with van der Waals surface area (Å²) in [4.78, 5) is 27.1. The molecule has 1 aliphatic carbocycles. The molecule has 0 aromatic heterocycles. The number of rotatable bonds is 5. The number of benzene rings is 1. The predicted molar refractivity (Wildman–Crippen MR) is 110 cm³/mol. The van der Waals surface area contributed by atoms with Gasteiger partial charge >= 0.3 is 0 Å². The third kappa shape index (κ3) is 5.84. The molecule has 2 N–H and O–H groups in total. The maximum absolute atomic E-state index is 12.9. The van der Waals surface area contributed by atoms with Crippen LogP contribution in [0.5, 0.6) is 0 Å². The molecule has 1 aromatic carbocycles. The van der Waals surface area contributed by atoms with Crippen LogP contribution in [0.4, 0.5) is 0 Å². The molecule has 1 aromatic rings. The molecule has 1 saturated carbocycles. The largest absolute Gasteiger partial charge is 0.353 e. The van der Waals surface area contributed by atoms with Crippen LogP contribution in [0.3, 0.4) is 0 Å². The number of nitrogens with one attached hydrogen (secondary N) is 2. The van der Waals surface area contributed by atoms with E-state index in [2.05, 4.69) is 10.6 Å². The van der Waals surface area contributed by atoms with E-state index in [0.29, 0.717) is 18.0 Å². The number of halogens is 2. The lowest BCUT2D eigenvalue weighted by Gasteiger charge is -2.37. The molecule has 1 saturated heterocycles. The summed E-state index contributed by atoms with van der Waals surface area (Å²) in [6.45, 7) is 4.08. The number of carbonyl (C=O) groups excluding carboxylic acids is 2. The number of carbonyl (C=O) groups is 2. The average Bonchev–Trinajstić information content (AvgIpc) is 3.16. The molecule has 0 bridgehead atoms. The van der Waals surface area contributed by atoms with E-state index in [9.17, 15) is 9.59 Å². The van der Waals surface area contributed by atoms with Crippen molar-refractivity contribution in [2.45, 2.75) is 51.1 Å². The first-order valence-corrected chi connectivity index (χ1v) is 9.98. The van der Waals surface area contributed by atoms with Crippen molar-refractivity contribution in [1.82, 2.24) is 15.5 Å². The van der Waals surface area contributed by atoms with Crippen LogP contribution in [-0.4, -0.2) is 42.4 Å². The molecule has 2 aliphatic rings. The van der Waals surface area contributed by atoms with Gasteiger partial charge in [-0.15, -0.1) is 12.4 Å². The van der Waals surface area contributed by atoms with Crippen molar-refractivity contribution < 1.29 is 9.59 Å². The van der Waals surface area contributed by atoms with Gasteiger partial charge in [-0.05, 0) is 37.5 Å². The number of piperazine rings is 1. The lowest BCUT2D eigenvalue weighted by Crippen LogP contribution is -2.50. The Balaban J connectivity index is 0.00000261. The van der Waals surface area contributed by atoms with Gasteiger partial charge in [0.05, 0.1) is 6.04 Å². The lowest BCUT2D eigenvalue weighted by molar-refractivity contribution is -0.135. The van der Waals surface area contributed by atoms with E-state index in [1.54, 1.807) is 0 Å². The summed E-state index contributed by atoms with van der Waals surface area (Å²) in [6, 6.07) is 7.52. The summed E-state index contributed by atoms with van der Waals surface area (Å²) in [5.74, 6) is 0.316. The highest BCUT2D eigenvalue weighted by Gasteiger charge is 2.30. The number of amides is 2. The molecular weight excluding hydrogens is 385 g/mol. The molecule has 2 atom stereocenters. The summed E-state index contributed by atoms with van der Waals surface area (Å²) < 4.78 is 0. The fourth-order valence-electron chi connectivity index (χ4n) is 3.99. The summed E-state index contributed by atoms with van der Waals surface area (Å²) in [5, 5.41) is 7.06. The Labute approximate surface area is 172 Å². The van der Waals surface area contributed by atoms with Gasteiger partial charge in [-0.3, -0.25) is 9.59 Å². The zero-order valence-corrected chi connectivity index (χ0v) is 17.3. The van der Waals surface area contributed by atoms with E-state index in [4.69, 9.17) is 11.6 Å². The highest BCUT2D eigenvalue weighted by Crippen LogP contribution is 2.26. The zero-order chi connectivity index (χ0) is 18.5. The topological polar surface area (TPSA) is 61.4 Å². The maximum Gasteiger partial charge on any atom is 0.225 e. The van der Waals surface area contributed by atoms with Gasteiger partial charge in [-0.2, -0.15) is 0 Å². The minimum atomic E-state index is -0.148. The Bertz CT molecular complexity index is 650. The van der Waals surface area contributed by atoms with Crippen LogP contribution in [0.1, 0.15) is 50.6 Å². The van der Waals surface area contributed by atoms with Gasteiger partial charge in [0, 0.05) is 43.0 Å². The third-order valence-corrected chi connectivity index (χ3v) is 5.63. The van der Waals surface area contributed by atoms with Crippen molar-refractivity contribution in [2.24, 2.45) is 5.92 Å². The molecule has 0 spiro atoms. The summed E-state index contributed by atoms with van der Waals surface area (Å²) in [6.07, 6.45) is 4.54. The van der Waals surface area contributed by atoms with Crippen molar-refractivity contribution in [1.29, 1.82) is 0 Å². The van der Waals surface area contributed by atoms with Gasteiger partial charge in [0.2, 0.25) is 11.8 Å². The van der Waals surface area contributed by atoms with Gasteiger partial charge in [0.1, 0.15) is 0 Å². The SMILES string of the molecule is CC(CC(=O)N1CCNCC1c1cccc(Cl)c1)NC(=O)C1CCCC1.Cl. The van der Waals surface area contributed by atoms with Crippen LogP contribution in [-0.2, 0) is 9.59 Å². The highest BCUT2D eigenvalue weighted by molar-refractivity contribution is 6.30. The molecule has 27 heavy (non-hydrogen) atoms. The molecule has 3 rings (SSSR count). The molecule has 1 heterocycles. The Morgan fingerprint density at radius 1 is 1.33 bits per heavy atom. The smallest absolute Gasteiger partial charge is 0.225 e. The Hall–Kier alpha value is -1.30. The van der Waals surface area contributed by atoms with E-state index >= 15 is 0 Å². The predicted octanol–water partition coefficient (Wildman–Crippen LogP) is 3.32. The minimum Gasteiger partial charge on any atom is -0.353 e. The third-order valence-electron chi connectivity index (χ3n) is 5.39. The van der Waals surface area contributed by atoms with Gasteiger partial charge in [0.15, 0.2) is 0 Å². The fraction of sp³-hybridized carbons (Fsp3) is 0.600. The van der Waals surface area contributed by atoms with Crippen LogP contribution < -0.4 is 10.6 Å². The van der Waals surface area contributed by atoms with Crippen molar-refractivity contribution in [3.8, 4) is 0 Å². The van der Waals surface area contributed by atoms with Crippen molar-refractivity contribution >= 4 is 35.8 Å². The van der Waals surface area contributed by atoms with E-state index < -0.39 is 0 Å². The minimum absolute atomic E-state index is 0. The molecule has 5 nitrogen and oxygen atoms in total. The fourth-order valence-corrected chi connectivity index (χ4v) is 4.19. The molecule has 0 radical (unpaired) electrons. The van der Waals surface area contributed by atoms with E-state index in [1.807, 2.05) is 36.1 Å². The number of hydrogen-bond acceptors (Lipinski definition) is 3. The molecule has 7 heteroatoms. The van der Waals surface area contributed by atoms with Gasteiger partial charge in [0.25, 0.3) is 0 Å². The first-order valence-electron chi connectivity index (χ1n) is 9.60. The second-order valence-electron chi connectivity index (χ2n) is 7.46. The Morgan fingerprint density at radius 2 is 2.07 bits per heavy atom. The van der Waals surface area contributed by atoms with Gasteiger partial charge in [-0.25, -0.2) is 0 Å². The monoisotopic (exact) mass is 413 g/mol. The molecular formula is C20H29Cl2N3O2. The average molecular weight is 414 g/mol. The molecule has 2 unspecified atom stereocenters. The van der Waals surface area contributed by atoms with Gasteiger partial charge in [-0.1, -0.05) is 36.6 Å². The summed E-state index contributed by atoms with van der Waals surface area (Å²) in [7, 11) is 0. The molecule has 150 valence electrons. The first kappa shape index (κ1) is 22.0. The lowest BCUT2D eigenvalue weighted by atomic mass is 10.0. The van der Waals surface area contributed by atoms with Crippen molar-refractivity contribution in [3.63, 3.8) is 0 Å². The highest BCUT2D eigenvalue weighted by atomic mass is 35.5. The van der Waals surface area contributed by atoms with Crippen LogP contribution in [0, 0.1) is 5.92 Å². The van der Waals surface area contributed by atoms with E-state index in [-0.39, 0.29) is 42.2 Å². The maximum atomic E-state index is 12.9. The van der Waals surface area contributed by atoms with Crippen LogP contribution in [0.25, 0.3) is 0 Å². The normalized spacial score (nSPS) is 21.4. The van der Waals surface area contributed by atoms with Crippen LogP contribution >= 0.6 is 24.0 Å². The molecule has 2 amide bonds.